The van der Waals surface area contributed by atoms with Crippen molar-refractivity contribution in [3.63, 3.8) is 0 Å². The zero-order valence-corrected chi connectivity index (χ0v) is 13.1. The number of rotatable bonds is 5. The van der Waals surface area contributed by atoms with Crippen molar-refractivity contribution in [2.24, 2.45) is 0 Å². The largest absolute Gasteiger partial charge is 0.376 e. The van der Waals surface area contributed by atoms with E-state index in [9.17, 15) is 8.78 Å². The third kappa shape index (κ3) is 3.41. The second-order valence-corrected chi connectivity index (χ2v) is 5.96. The normalized spacial score (nSPS) is 17.9. The number of ether oxygens (including phenoxy) is 1. The molecule has 0 N–H and O–H groups in total. The molecular formula is C15H17F2N3OS. The van der Waals surface area contributed by atoms with Gasteiger partial charge in [0, 0.05) is 42.9 Å². The van der Waals surface area contributed by atoms with Crippen LogP contribution in [-0.2, 0) is 4.74 Å². The molecule has 0 bridgehead atoms. The van der Waals surface area contributed by atoms with Gasteiger partial charge in [-0.25, -0.2) is 8.78 Å². The Morgan fingerprint density at radius 2 is 2.09 bits per heavy atom. The van der Waals surface area contributed by atoms with E-state index in [0.29, 0.717) is 11.4 Å². The molecule has 1 saturated heterocycles. The second kappa shape index (κ2) is 6.66. The third-order valence-corrected chi connectivity index (χ3v) is 4.41. The molecule has 118 valence electrons. The fraction of sp³-hybridized carbons (Fsp3) is 0.467. The lowest BCUT2D eigenvalue weighted by atomic mass is 10.2. The molecule has 7 heteroatoms. The van der Waals surface area contributed by atoms with E-state index in [4.69, 9.17) is 4.74 Å². The molecule has 1 fully saturated rings. The third-order valence-electron chi connectivity index (χ3n) is 3.64. The highest BCUT2D eigenvalue weighted by atomic mass is 32.1. The van der Waals surface area contributed by atoms with Gasteiger partial charge < -0.3 is 9.64 Å². The summed E-state index contributed by atoms with van der Waals surface area (Å²) in [6, 6.07) is 3.32. The van der Waals surface area contributed by atoms with Gasteiger partial charge in [-0.2, -0.15) is 9.36 Å². The number of benzene rings is 1. The Hall–Kier alpha value is -1.60. The number of anilines is 1. The number of halogens is 2. The topological polar surface area (TPSA) is 38.2 Å². The molecule has 0 amide bonds. The standard InChI is InChI=1S/C15H17F2N3OS/c1-2-20(9-13-4-3-5-21-13)15-18-14(19-22-15)10-6-11(16)8-12(17)7-10/h6-8,13H,2-5,9H2,1H3. The number of nitrogens with zero attached hydrogens (tertiary/aromatic N) is 3. The molecule has 4 nitrogen and oxygen atoms in total. The van der Waals surface area contributed by atoms with Gasteiger partial charge in [-0.15, -0.1) is 0 Å². The molecule has 0 radical (unpaired) electrons. The molecular weight excluding hydrogens is 308 g/mol. The van der Waals surface area contributed by atoms with E-state index < -0.39 is 11.6 Å². The highest BCUT2D eigenvalue weighted by Gasteiger charge is 2.21. The average Bonchev–Trinajstić information content (AvgIpc) is 3.15. The minimum Gasteiger partial charge on any atom is -0.376 e. The van der Waals surface area contributed by atoms with Crippen LogP contribution >= 0.6 is 11.5 Å². The Labute approximate surface area is 131 Å². The van der Waals surface area contributed by atoms with Crippen LogP contribution in [0.3, 0.4) is 0 Å². The van der Waals surface area contributed by atoms with Crippen LogP contribution in [0.15, 0.2) is 18.2 Å². The average molecular weight is 325 g/mol. The van der Waals surface area contributed by atoms with Gasteiger partial charge in [-0.3, -0.25) is 0 Å². The first-order valence-electron chi connectivity index (χ1n) is 7.32. The van der Waals surface area contributed by atoms with Gasteiger partial charge in [0.25, 0.3) is 0 Å². The molecule has 1 aromatic carbocycles. The SMILES string of the molecule is CCN(CC1CCCO1)c1nc(-c2cc(F)cc(F)c2)ns1. The maximum Gasteiger partial charge on any atom is 0.205 e. The van der Waals surface area contributed by atoms with Gasteiger partial charge >= 0.3 is 0 Å². The van der Waals surface area contributed by atoms with Crippen LogP contribution in [-0.4, -0.2) is 35.2 Å². The van der Waals surface area contributed by atoms with E-state index in [-0.39, 0.29) is 6.10 Å². The molecule has 1 aliphatic rings. The van der Waals surface area contributed by atoms with Crippen LogP contribution in [0, 0.1) is 11.6 Å². The molecule has 1 unspecified atom stereocenters. The Bertz CT molecular complexity index is 623. The van der Waals surface area contributed by atoms with Crippen LogP contribution in [0.25, 0.3) is 11.4 Å². The molecule has 22 heavy (non-hydrogen) atoms. The molecule has 1 atom stereocenters. The lowest BCUT2D eigenvalue weighted by molar-refractivity contribution is 0.115. The summed E-state index contributed by atoms with van der Waals surface area (Å²) in [5, 5.41) is 0.748. The summed E-state index contributed by atoms with van der Waals surface area (Å²) in [7, 11) is 0. The maximum absolute atomic E-state index is 13.3. The minimum absolute atomic E-state index is 0.221. The zero-order chi connectivity index (χ0) is 15.5. The monoisotopic (exact) mass is 325 g/mol. The Morgan fingerprint density at radius 1 is 1.32 bits per heavy atom. The highest BCUT2D eigenvalue weighted by Crippen LogP contribution is 2.26. The first-order valence-corrected chi connectivity index (χ1v) is 8.09. The molecule has 0 spiro atoms. The summed E-state index contributed by atoms with van der Waals surface area (Å²) in [4.78, 5) is 6.51. The number of likely N-dealkylation sites (N-methyl/N-ethyl adjacent to an activating group) is 1. The van der Waals surface area contributed by atoms with Gasteiger partial charge in [0.1, 0.15) is 11.6 Å². The van der Waals surface area contributed by atoms with Gasteiger partial charge in [-0.1, -0.05) is 0 Å². The molecule has 1 aliphatic heterocycles. The van der Waals surface area contributed by atoms with Crippen molar-refractivity contribution in [2.75, 3.05) is 24.6 Å². The quantitative estimate of drug-likeness (QED) is 0.843. The van der Waals surface area contributed by atoms with E-state index in [1.54, 1.807) is 0 Å². The number of aromatic nitrogens is 2. The van der Waals surface area contributed by atoms with Crippen LogP contribution < -0.4 is 4.90 Å². The Balaban J connectivity index is 1.79. The van der Waals surface area contributed by atoms with Crippen molar-refractivity contribution in [2.45, 2.75) is 25.9 Å². The van der Waals surface area contributed by atoms with Gasteiger partial charge in [-0.05, 0) is 31.9 Å². The first-order chi connectivity index (χ1) is 10.7. The van der Waals surface area contributed by atoms with Gasteiger partial charge in [0.2, 0.25) is 5.13 Å². The van der Waals surface area contributed by atoms with Crippen LogP contribution in [0.2, 0.25) is 0 Å². The smallest absolute Gasteiger partial charge is 0.205 e. The van der Waals surface area contributed by atoms with Crippen molar-refractivity contribution in [1.29, 1.82) is 0 Å². The van der Waals surface area contributed by atoms with Crippen molar-refractivity contribution in [3.05, 3.63) is 29.8 Å². The molecule has 1 aromatic heterocycles. The van der Waals surface area contributed by atoms with E-state index in [2.05, 4.69) is 14.3 Å². The predicted octanol–water partition coefficient (Wildman–Crippen LogP) is 3.49. The maximum atomic E-state index is 13.3. The summed E-state index contributed by atoms with van der Waals surface area (Å²) in [5.74, 6) is -0.903. The van der Waals surface area contributed by atoms with Crippen molar-refractivity contribution >= 4 is 16.7 Å². The fourth-order valence-corrected chi connectivity index (χ4v) is 3.28. The van der Waals surface area contributed by atoms with E-state index in [1.807, 2.05) is 6.92 Å². The fourth-order valence-electron chi connectivity index (χ4n) is 2.52. The van der Waals surface area contributed by atoms with Crippen molar-refractivity contribution in [1.82, 2.24) is 9.36 Å². The number of hydrogen-bond donors (Lipinski definition) is 0. The molecule has 3 rings (SSSR count). The summed E-state index contributed by atoms with van der Waals surface area (Å²) < 4.78 is 36.5. The first kappa shape index (κ1) is 15.3. The van der Waals surface area contributed by atoms with Crippen molar-refractivity contribution < 1.29 is 13.5 Å². The van der Waals surface area contributed by atoms with E-state index in [1.165, 1.54) is 23.7 Å². The lowest BCUT2D eigenvalue weighted by Crippen LogP contribution is -2.31. The van der Waals surface area contributed by atoms with Gasteiger partial charge in [0.15, 0.2) is 5.82 Å². The van der Waals surface area contributed by atoms with Gasteiger partial charge in [0.05, 0.1) is 6.10 Å². The summed E-state index contributed by atoms with van der Waals surface area (Å²) in [5.41, 5.74) is 0.355. The molecule has 2 heterocycles. The van der Waals surface area contributed by atoms with Crippen LogP contribution in [0.5, 0.6) is 0 Å². The summed E-state index contributed by atoms with van der Waals surface area (Å²) >= 11 is 1.24. The number of hydrogen-bond acceptors (Lipinski definition) is 5. The highest BCUT2D eigenvalue weighted by molar-refractivity contribution is 7.09. The van der Waals surface area contributed by atoms with Crippen molar-refractivity contribution in [3.8, 4) is 11.4 Å². The molecule has 2 aromatic rings. The summed E-state index contributed by atoms with van der Waals surface area (Å²) in [6.45, 7) is 4.40. The molecule has 0 saturated carbocycles. The molecule has 0 aliphatic carbocycles. The second-order valence-electron chi connectivity index (χ2n) is 5.23. The zero-order valence-electron chi connectivity index (χ0n) is 12.3. The van der Waals surface area contributed by atoms with Crippen LogP contribution in [0.1, 0.15) is 19.8 Å². The Morgan fingerprint density at radius 3 is 2.73 bits per heavy atom. The van der Waals surface area contributed by atoms with Crippen LogP contribution in [0.4, 0.5) is 13.9 Å². The summed E-state index contributed by atoms with van der Waals surface area (Å²) in [6.07, 6.45) is 2.36. The Kier molecular flexibility index (Phi) is 4.63. The predicted molar refractivity (Wildman–Crippen MR) is 82.1 cm³/mol. The lowest BCUT2D eigenvalue weighted by Gasteiger charge is -2.22. The van der Waals surface area contributed by atoms with E-state index >= 15 is 0 Å². The minimum atomic E-state index is -0.627. The van der Waals surface area contributed by atoms with E-state index in [0.717, 1.165) is 43.7 Å².